The summed E-state index contributed by atoms with van der Waals surface area (Å²) in [5.74, 6) is 1.75. The Kier molecular flexibility index (Phi) is 24.8. The minimum atomic E-state index is 0.583. The van der Waals surface area contributed by atoms with Crippen molar-refractivity contribution in [2.75, 3.05) is 0 Å². The molecule has 6 nitrogen and oxygen atoms in total. The average molecular weight is 460 g/mol. The van der Waals surface area contributed by atoms with Gasteiger partial charge in [0.05, 0.1) is 0 Å². The molecule has 0 saturated heterocycles. The molecule has 6 heteroatoms. The standard InChI is InChI=1S/3C7H5NO.C4H10.C3H8/c3*8-6-9-7-4-2-1-3-5-7;1-3-4-2;1-3-2/h3*1-5H;3-4H2,1-2H3;3H2,1-2H3. The SMILES string of the molecule is CCC.CCCC.N#COc1ccccc1.N#COc1ccccc1.N#COc1ccccc1. The summed E-state index contributed by atoms with van der Waals surface area (Å²) in [5.41, 5.74) is 0. The second-order valence-electron chi connectivity index (χ2n) is 6.23. The summed E-state index contributed by atoms with van der Waals surface area (Å²) in [5, 5.41) is 24.1. The minimum Gasteiger partial charge on any atom is -0.388 e. The van der Waals surface area contributed by atoms with Crippen LogP contribution in [-0.4, -0.2) is 0 Å². The topological polar surface area (TPSA) is 99.1 Å². The van der Waals surface area contributed by atoms with Crippen molar-refractivity contribution >= 4 is 0 Å². The number of benzene rings is 3. The van der Waals surface area contributed by atoms with Crippen LogP contribution in [0, 0.1) is 34.6 Å². The Morgan fingerprint density at radius 1 is 0.471 bits per heavy atom. The van der Waals surface area contributed by atoms with Crippen molar-refractivity contribution < 1.29 is 14.2 Å². The summed E-state index contributed by atoms with van der Waals surface area (Å²) in [4.78, 5) is 0. The number of hydrogen-bond donors (Lipinski definition) is 0. The van der Waals surface area contributed by atoms with Gasteiger partial charge in [0.25, 0.3) is 18.8 Å². The van der Waals surface area contributed by atoms with Crippen molar-refractivity contribution in [3.05, 3.63) is 91.0 Å². The lowest BCUT2D eigenvalue weighted by Crippen LogP contribution is -1.78. The van der Waals surface area contributed by atoms with E-state index in [0.717, 1.165) is 0 Å². The Balaban J connectivity index is 0. The Morgan fingerprint density at radius 2 is 0.676 bits per heavy atom. The first-order chi connectivity index (χ1) is 16.6. The second kappa shape index (κ2) is 26.6. The molecule has 0 unspecified atom stereocenters. The van der Waals surface area contributed by atoms with Crippen LogP contribution in [0.1, 0.15) is 47.0 Å². The molecular formula is C28H33N3O3. The van der Waals surface area contributed by atoms with Gasteiger partial charge in [-0.15, -0.1) is 15.8 Å². The molecule has 3 aromatic rings. The van der Waals surface area contributed by atoms with E-state index in [0.29, 0.717) is 17.2 Å². The van der Waals surface area contributed by atoms with Crippen LogP contribution in [0.5, 0.6) is 17.2 Å². The summed E-state index contributed by atoms with van der Waals surface area (Å²) in [6.07, 6.45) is 8.64. The second-order valence-corrected chi connectivity index (χ2v) is 6.23. The smallest absolute Gasteiger partial charge is 0.292 e. The van der Waals surface area contributed by atoms with Gasteiger partial charge in [0, 0.05) is 0 Å². The lowest BCUT2D eigenvalue weighted by molar-refractivity contribution is 0.507. The molecule has 0 saturated carbocycles. The molecule has 178 valence electrons. The van der Waals surface area contributed by atoms with Gasteiger partial charge >= 0.3 is 0 Å². The van der Waals surface area contributed by atoms with E-state index in [2.05, 4.69) is 41.9 Å². The van der Waals surface area contributed by atoms with Crippen LogP contribution >= 0.6 is 0 Å². The molecule has 0 amide bonds. The van der Waals surface area contributed by atoms with Crippen LogP contribution in [0.2, 0.25) is 0 Å². The highest BCUT2D eigenvalue weighted by molar-refractivity contribution is 5.23. The number of para-hydroxylation sites is 3. The molecular weight excluding hydrogens is 426 g/mol. The van der Waals surface area contributed by atoms with Gasteiger partial charge in [-0.2, -0.15) is 0 Å². The maximum Gasteiger partial charge on any atom is 0.292 e. The summed E-state index contributed by atoms with van der Waals surface area (Å²) in [7, 11) is 0. The van der Waals surface area contributed by atoms with Crippen LogP contribution in [0.3, 0.4) is 0 Å². The van der Waals surface area contributed by atoms with Crippen LogP contribution in [0.15, 0.2) is 91.0 Å². The first kappa shape index (κ1) is 31.7. The molecule has 0 heterocycles. The van der Waals surface area contributed by atoms with Gasteiger partial charge in [0.15, 0.2) is 0 Å². The molecule has 0 bridgehead atoms. The van der Waals surface area contributed by atoms with Crippen LogP contribution < -0.4 is 14.2 Å². The summed E-state index contributed by atoms with van der Waals surface area (Å²) < 4.78 is 13.5. The normalized spacial score (nSPS) is 7.68. The quantitative estimate of drug-likeness (QED) is 0.368. The van der Waals surface area contributed by atoms with Crippen LogP contribution in [-0.2, 0) is 0 Å². The third-order valence-corrected chi connectivity index (χ3v) is 3.22. The Hall–Kier alpha value is -4.47. The number of nitriles is 3. The largest absolute Gasteiger partial charge is 0.388 e. The Labute approximate surface area is 204 Å². The fraction of sp³-hybridized carbons (Fsp3) is 0.250. The molecule has 0 spiro atoms. The van der Waals surface area contributed by atoms with Gasteiger partial charge < -0.3 is 14.2 Å². The molecule has 0 fully saturated rings. The predicted molar refractivity (Wildman–Crippen MR) is 135 cm³/mol. The number of rotatable bonds is 4. The highest BCUT2D eigenvalue weighted by atomic mass is 16.5. The molecule has 0 aliphatic rings. The van der Waals surface area contributed by atoms with Crippen molar-refractivity contribution in [3.8, 4) is 36.0 Å². The maximum atomic E-state index is 8.05. The van der Waals surface area contributed by atoms with E-state index in [4.69, 9.17) is 15.8 Å². The third kappa shape index (κ3) is 22.2. The van der Waals surface area contributed by atoms with Crippen molar-refractivity contribution in [1.29, 1.82) is 15.8 Å². The van der Waals surface area contributed by atoms with E-state index in [1.165, 1.54) is 19.3 Å². The van der Waals surface area contributed by atoms with Crippen molar-refractivity contribution in [2.24, 2.45) is 0 Å². The third-order valence-electron chi connectivity index (χ3n) is 3.22. The van der Waals surface area contributed by atoms with Crippen LogP contribution in [0.4, 0.5) is 0 Å². The van der Waals surface area contributed by atoms with E-state index >= 15 is 0 Å². The zero-order valence-electron chi connectivity index (χ0n) is 20.3. The Bertz CT molecular complexity index is 805. The van der Waals surface area contributed by atoms with E-state index in [9.17, 15) is 0 Å². The molecule has 0 aliphatic carbocycles. The highest BCUT2D eigenvalue weighted by Crippen LogP contribution is 2.07. The van der Waals surface area contributed by atoms with E-state index < -0.39 is 0 Å². The molecule has 0 radical (unpaired) electrons. The molecule has 0 aromatic heterocycles. The summed E-state index contributed by atoms with van der Waals surface area (Å²) in [6.45, 7) is 8.61. The van der Waals surface area contributed by atoms with Gasteiger partial charge in [-0.1, -0.05) is 102 Å². The zero-order chi connectivity index (χ0) is 25.7. The van der Waals surface area contributed by atoms with E-state index in [-0.39, 0.29) is 0 Å². The number of unbranched alkanes of at least 4 members (excludes halogenated alkanes) is 1. The van der Waals surface area contributed by atoms with E-state index in [1.807, 2.05) is 54.6 Å². The number of nitrogens with zero attached hydrogens (tertiary/aromatic N) is 3. The van der Waals surface area contributed by atoms with Crippen molar-refractivity contribution in [2.45, 2.75) is 47.0 Å². The molecule has 3 aromatic carbocycles. The highest BCUT2D eigenvalue weighted by Gasteiger charge is 1.86. The minimum absolute atomic E-state index is 0.583. The lowest BCUT2D eigenvalue weighted by atomic mass is 10.3. The summed E-state index contributed by atoms with van der Waals surface area (Å²) in [6, 6.07) is 26.8. The van der Waals surface area contributed by atoms with Gasteiger partial charge in [-0.05, 0) is 36.4 Å². The molecule has 0 aliphatic heterocycles. The first-order valence-corrected chi connectivity index (χ1v) is 11.0. The van der Waals surface area contributed by atoms with Gasteiger partial charge in [-0.3, -0.25) is 0 Å². The first-order valence-electron chi connectivity index (χ1n) is 11.0. The van der Waals surface area contributed by atoms with E-state index in [1.54, 1.807) is 55.2 Å². The predicted octanol–water partition coefficient (Wildman–Crippen LogP) is 7.86. The van der Waals surface area contributed by atoms with Crippen molar-refractivity contribution in [1.82, 2.24) is 0 Å². The average Bonchev–Trinajstić information content (AvgIpc) is 2.88. The van der Waals surface area contributed by atoms with Crippen LogP contribution in [0.25, 0.3) is 0 Å². The number of ether oxygens (including phenoxy) is 3. The molecule has 3 rings (SSSR count). The van der Waals surface area contributed by atoms with Gasteiger partial charge in [0.1, 0.15) is 17.2 Å². The van der Waals surface area contributed by atoms with Gasteiger partial charge in [0.2, 0.25) is 0 Å². The fourth-order valence-electron chi connectivity index (χ4n) is 1.62. The molecule has 0 N–H and O–H groups in total. The van der Waals surface area contributed by atoms with Crippen molar-refractivity contribution in [3.63, 3.8) is 0 Å². The fourth-order valence-corrected chi connectivity index (χ4v) is 1.62. The Morgan fingerprint density at radius 3 is 0.824 bits per heavy atom. The molecule has 0 atom stereocenters. The lowest BCUT2D eigenvalue weighted by Gasteiger charge is -1.89. The monoisotopic (exact) mass is 459 g/mol. The number of hydrogen-bond acceptors (Lipinski definition) is 6. The zero-order valence-corrected chi connectivity index (χ0v) is 20.3. The van der Waals surface area contributed by atoms with Gasteiger partial charge in [-0.25, -0.2) is 0 Å². The maximum absolute atomic E-state index is 8.05. The summed E-state index contributed by atoms with van der Waals surface area (Å²) >= 11 is 0. The molecule has 34 heavy (non-hydrogen) atoms.